The van der Waals surface area contributed by atoms with Crippen LogP contribution in [-0.2, 0) is 20.6 Å². The number of anilines is 1. The van der Waals surface area contributed by atoms with E-state index >= 15 is 0 Å². The van der Waals surface area contributed by atoms with Crippen LogP contribution < -0.4 is 14.4 Å². The molecule has 0 aliphatic carbocycles. The number of nitrogens with one attached hydrogen (secondary N) is 1. The first-order valence-corrected chi connectivity index (χ1v) is 13.3. The largest absolute Gasteiger partial charge is 0.497 e. The predicted octanol–water partition coefficient (Wildman–Crippen LogP) is 4.47. The number of sulfonamides is 1. The van der Waals surface area contributed by atoms with Crippen LogP contribution in [0, 0.1) is 5.82 Å². The van der Waals surface area contributed by atoms with Crippen molar-refractivity contribution in [3.8, 4) is 5.75 Å². The zero-order chi connectivity index (χ0) is 24.4. The lowest BCUT2D eigenvalue weighted by Gasteiger charge is -2.24. The SMILES string of the molecule is COc1ccc(S(=O)(=O)N(CC(=O)NCCCSCc2ccccc2F)c2ccccc2)cc1. The summed E-state index contributed by atoms with van der Waals surface area (Å²) in [6, 6.07) is 21.2. The molecule has 0 aliphatic rings. The normalized spacial score (nSPS) is 11.1. The van der Waals surface area contributed by atoms with Crippen molar-refractivity contribution in [1.29, 1.82) is 0 Å². The quantitative estimate of drug-likeness (QED) is 0.370. The van der Waals surface area contributed by atoms with Crippen LogP contribution in [0.4, 0.5) is 10.1 Å². The summed E-state index contributed by atoms with van der Waals surface area (Å²) in [4.78, 5) is 12.7. The summed E-state index contributed by atoms with van der Waals surface area (Å²) in [6.45, 7) is 0.0507. The topological polar surface area (TPSA) is 75.7 Å². The Hall–Kier alpha value is -3.04. The molecule has 34 heavy (non-hydrogen) atoms. The highest BCUT2D eigenvalue weighted by Crippen LogP contribution is 2.25. The van der Waals surface area contributed by atoms with E-state index in [0.717, 1.165) is 10.1 Å². The number of nitrogens with zero attached hydrogens (tertiary/aromatic N) is 1. The summed E-state index contributed by atoms with van der Waals surface area (Å²) in [5.41, 5.74) is 1.05. The molecule has 1 amide bonds. The number of carbonyl (C=O) groups is 1. The number of para-hydroxylation sites is 1. The van der Waals surface area contributed by atoms with Crippen LogP contribution >= 0.6 is 11.8 Å². The van der Waals surface area contributed by atoms with Crippen molar-refractivity contribution in [2.24, 2.45) is 0 Å². The maximum absolute atomic E-state index is 13.7. The van der Waals surface area contributed by atoms with Crippen molar-refractivity contribution in [3.05, 3.63) is 90.2 Å². The van der Waals surface area contributed by atoms with E-state index in [9.17, 15) is 17.6 Å². The lowest BCUT2D eigenvalue weighted by atomic mass is 10.2. The Morgan fingerprint density at radius 1 is 1.00 bits per heavy atom. The first kappa shape index (κ1) is 25.6. The summed E-state index contributed by atoms with van der Waals surface area (Å²) < 4.78 is 46.5. The molecule has 3 aromatic carbocycles. The van der Waals surface area contributed by atoms with Gasteiger partial charge in [0.25, 0.3) is 10.0 Å². The van der Waals surface area contributed by atoms with E-state index in [1.54, 1.807) is 72.4 Å². The van der Waals surface area contributed by atoms with Crippen molar-refractivity contribution in [2.45, 2.75) is 17.1 Å². The molecule has 0 atom stereocenters. The van der Waals surface area contributed by atoms with Gasteiger partial charge in [-0.1, -0.05) is 36.4 Å². The summed E-state index contributed by atoms with van der Waals surface area (Å²) in [7, 11) is -2.47. The minimum absolute atomic E-state index is 0.0643. The third kappa shape index (κ3) is 6.98. The van der Waals surface area contributed by atoms with Gasteiger partial charge >= 0.3 is 0 Å². The standard InChI is InChI=1S/C25H27FN2O4S2/c1-32-22-12-14-23(15-13-22)34(30,31)28(21-9-3-2-4-10-21)18-25(29)27-16-7-17-33-19-20-8-5-6-11-24(20)26/h2-6,8-15H,7,16-19H2,1H3,(H,27,29). The van der Waals surface area contributed by atoms with E-state index in [1.807, 2.05) is 0 Å². The Labute approximate surface area is 204 Å². The number of hydrogen-bond donors (Lipinski definition) is 1. The minimum atomic E-state index is -3.97. The highest BCUT2D eigenvalue weighted by atomic mass is 32.2. The number of rotatable bonds is 12. The van der Waals surface area contributed by atoms with E-state index in [4.69, 9.17) is 4.74 Å². The fraction of sp³-hybridized carbons (Fsp3) is 0.240. The van der Waals surface area contributed by atoms with Crippen molar-refractivity contribution in [3.63, 3.8) is 0 Å². The molecule has 1 N–H and O–H groups in total. The van der Waals surface area contributed by atoms with Crippen LogP contribution in [0.1, 0.15) is 12.0 Å². The van der Waals surface area contributed by atoms with E-state index < -0.39 is 15.9 Å². The van der Waals surface area contributed by atoms with Crippen LogP contribution in [0.5, 0.6) is 5.75 Å². The molecule has 0 spiro atoms. The van der Waals surface area contributed by atoms with Crippen LogP contribution in [0.2, 0.25) is 0 Å². The maximum Gasteiger partial charge on any atom is 0.264 e. The molecule has 3 rings (SSSR count). The average Bonchev–Trinajstić information content (AvgIpc) is 2.86. The molecule has 0 aliphatic heterocycles. The second kappa shape index (κ2) is 12.4. The molecule has 0 bridgehead atoms. The predicted molar refractivity (Wildman–Crippen MR) is 134 cm³/mol. The molecule has 0 aromatic heterocycles. The Kier molecular flexibility index (Phi) is 9.35. The van der Waals surface area contributed by atoms with Crippen LogP contribution in [-0.4, -0.2) is 40.3 Å². The number of carbonyl (C=O) groups excluding carboxylic acids is 1. The Balaban J connectivity index is 1.57. The second-order valence-corrected chi connectivity index (χ2v) is 10.3. The first-order chi connectivity index (χ1) is 16.4. The Morgan fingerprint density at radius 3 is 2.35 bits per heavy atom. The number of halogens is 1. The first-order valence-electron chi connectivity index (χ1n) is 10.7. The van der Waals surface area contributed by atoms with Gasteiger partial charge in [-0.3, -0.25) is 9.10 Å². The van der Waals surface area contributed by atoms with Gasteiger partial charge in [-0.2, -0.15) is 11.8 Å². The number of benzene rings is 3. The van der Waals surface area contributed by atoms with Gasteiger partial charge in [0.2, 0.25) is 5.91 Å². The number of amides is 1. The molecule has 6 nitrogen and oxygen atoms in total. The molecule has 9 heteroatoms. The molecule has 0 saturated heterocycles. The molecule has 0 unspecified atom stereocenters. The van der Waals surface area contributed by atoms with Crippen molar-refractivity contribution in [1.82, 2.24) is 5.32 Å². The fourth-order valence-corrected chi connectivity index (χ4v) is 5.54. The summed E-state index contributed by atoms with van der Waals surface area (Å²) in [5, 5.41) is 2.78. The minimum Gasteiger partial charge on any atom is -0.497 e. The van der Waals surface area contributed by atoms with E-state index in [-0.39, 0.29) is 17.3 Å². The van der Waals surface area contributed by atoms with Gasteiger partial charge in [0.15, 0.2) is 0 Å². The lowest BCUT2D eigenvalue weighted by molar-refractivity contribution is -0.119. The highest BCUT2D eigenvalue weighted by molar-refractivity contribution is 7.98. The van der Waals surface area contributed by atoms with Crippen LogP contribution in [0.25, 0.3) is 0 Å². The lowest BCUT2D eigenvalue weighted by Crippen LogP contribution is -2.41. The molecule has 0 heterocycles. The van der Waals surface area contributed by atoms with Gasteiger partial charge in [0.05, 0.1) is 17.7 Å². The van der Waals surface area contributed by atoms with Gasteiger partial charge in [0.1, 0.15) is 18.1 Å². The van der Waals surface area contributed by atoms with Gasteiger partial charge < -0.3 is 10.1 Å². The van der Waals surface area contributed by atoms with E-state index in [0.29, 0.717) is 35.7 Å². The van der Waals surface area contributed by atoms with E-state index in [2.05, 4.69) is 5.32 Å². The van der Waals surface area contributed by atoms with Crippen molar-refractivity contribution >= 4 is 33.4 Å². The van der Waals surface area contributed by atoms with Gasteiger partial charge in [-0.15, -0.1) is 0 Å². The zero-order valence-corrected chi connectivity index (χ0v) is 20.4. The number of hydrogen-bond acceptors (Lipinski definition) is 5. The summed E-state index contributed by atoms with van der Waals surface area (Å²) in [5.74, 6) is 1.21. The molecular formula is C25H27FN2O4S2. The summed E-state index contributed by atoms with van der Waals surface area (Å²) in [6.07, 6.45) is 0.682. The molecule has 0 radical (unpaired) electrons. The molecule has 0 fully saturated rings. The monoisotopic (exact) mass is 502 g/mol. The van der Waals surface area contributed by atoms with Crippen molar-refractivity contribution in [2.75, 3.05) is 30.3 Å². The third-order valence-electron chi connectivity index (χ3n) is 4.98. The fourth-order valence-electron chi connectivity index (χ4n) is 3.17. The highest BCUT2D eigenvalue weighted by Gasteiger charge is 2.27. The van der Waals surface area contributed by atoms with Gasteiger partial charge in [-0.05, 0) is 60.2 Å². The third-order valence-corrected chi connectivity index (χ3v) is 7.86. The summed E-state index contributed by atoms with van der Waals surface area (Å²) >= 11 is 1.58. The van der Waals surface area contributed by atoms with Gasteiger partial charge in [0, 0.05) is 12.3 Å². The average molecular weight is 503 g/mol. The molecule has 180 valence electrons. The van der Waals surface area contributed by atoms with Crippen molar-refractivity contribution < 1.29 is 22.3 Å². The van der Waals surface area contributed by atoms with Crippen LogP contribution in [0.15, 0.2) is 83.8 Å². The second-order valence-electron chi connectivity index (χ2n) is 7.37. The maximum atomic E-state index is 13.7. The Morgan fingerprint density at radius 2 is 1.68 bits per heavy atom. The molecular weight excluding hydrogens is 475 g/mol. The smallest absolute Gasteiger partial charge is 0.264 e. The number of ether oxygens (including phenoxy) is 1. The Bertz CT molecular complexity index is 1170. The molecule has 3 aromatic rings. The van der Waals surface area contributed by atoms with Gasteiger partial charge in [-0.25, -0.2) is 12.8 Å². The van der Waals surface area contributed by atoms with E-state index in [1.165, 1.54) is 25.3 Å². The van der Waals surface area contributed by atoms with Crippen LogP contribution in [0.3, 0.4) is 0 Å². The number of methoxy groups -OCH3 is 1. The number of thioether (sulfide) groups is 1. The zero-order valence-electron chi connectivity index (χ0n) is 18.8. The molecule has 0 saturated carbocycles.